The van der Waals surface area contributed by atoms with Gasteiger partial charge in [-0.15, -0.1) is 0 Å². The third-order valence-corrected chi connectivity index (χ3v) is 7.99. The van der Waals surface area contributed by atoms with Crippen molar-refractivity contribution in [2.45, 2.75) is 57.7 Å². The Balaban J connectivity index is 1.54. The number of rotatable bonds is 10. The van der Waals surface area contributed by atoms with E-state index in [0.29, 0.717) is 24.1 Å². The highest BCUT2D eigenvalue weighted by Gasteiger charge is 2.35. The predicted molar refractivity (Wildman–Crippen MR) is 146 cm³/mol. The predicted octanol–water partition coefficient (Wildman–Crippen LogP) is 4.62. The van der Waals surface area contributed by atoms with Gasteiger partial charge < -0.3 is 20.3 Å². The molecule has 2 aromatic carbocycles. The summed E-state index contributed by atoms with van der Waals surface area (Å²) in [4.78, 5) is 2.39. The molecule has 0 spiro atoms. The lowest BCUT2D eigenvalue weighted by Crippen LogP contribution is -2.44. The Hall–Kier alpha value is -2.60. The molecular formula is C31H42N2O3. The van der Waals surface area contributed by atoms with Gasteiger partial charge in [-0.3, -0.25) is 4.90 Å². The maximum absolute atomic E-state index is 9.98. The van der Waals surface area contributed by atoms with Gasteiger partial charge in [0.05, 0.1) is 13.7 Å². The van der Waals surface area contributed by atoms with Crippen LogP contribution in [0.25, 0.3) is 0 Å². The molecule has 0 radical (unpaired) electrons. The molecule has 194 valence electrons. The average molecular weight is 491 g/mol. The van der Waals surface area contributed by atoms with Crippen molar-refractivity contribution in [1.82, 2.24) is 10.2 Å². The fraction of sp³-hybridized carbons (Fsp3) is 0.484. The third kappa shape index (κ3) is 6.39. The number of ether oxygens (including phenoxy) is 1. The Morgan fingerprint density at radius 3 is 2.53 bits per heavy atom. The van der Waals surface area contributed by atoms with Gasteiger partial charge in [0, 0.05) is 24.7 Å². The first-order valence-corrected chi connectivity index (χ1v) is 13.2. The molecule has 2 aliphatic rings. The van der Waals surface area contributed by atoms with Crippen molar-refractivity contribution in [2.75, 3.05) is 27.3 Å². The molecule has 0 fully saturated rings. The Kier molecular flexibility index (Phi) is 8.55. The maximum atomic E-state index is 9.98. The molecule has 3 atom stereocenters. The number of aliphatic hydroxyl groups excluding tert-OH is 1. The number of methoxy groups -OCH3 is 1. The molecule has 2 aliphatic carbocycles. The van der Waals surface area contributed by atoms with Gasteiger partial charge >= 0.3 is 0 Å². The van der Waals surface area contributed by atoms with Gasteiger partial charge in [0.25, 0.3) is 0 Å². The lowest BCUT2D eigenvalue weighted by molar-refractivity contribution is 0.115. The van der Waals surface area contributed by atoms with Crippen molar-refractivity contribution in [3.8, 4) is 5.75 Å². The van der Waals surface area contributed by atoms with Crippen LogP contribution in [0.1, 0.15) is 42.5 Å². The van der Waals surface area contributed by atoms with Crippen LogP contribution < -0.4 is 5.32 Å². The SMILES string of the molecule is CNC(C)(C)Cc1ccc(CN(CCO)C2C=C(OC)C=CC2[C@@H]2CCc3cc(O)ccc3C2)cc1. The van der Waals surface area contributed by atoms with E-state index in [2.05, 4.69) is 72.6 Å². The summed E-state index contributed by atoms with van der Waals surface area (Å²) in [6.07, 6.45) is 10.7. The zero-order valence-electron chi connectivity index (χ0n) is 22.2. The van der Waals surface area contributed by atoms with E-state index in [0.717, 1.165) is 38.0 Å². The maximum Gasteiger partial charge on any atom is 0.116 e. The van der Waals surface area contributed by atoms with Crippen LogP contribution >= 0.6 is 0 Å². The summed E-state index contributed by atoms with van der Waals surface area (Å²) in [7, 11) is 3.73. The monoisotopic (exact) mass is 490 g/mol. The number of phenols is 1. The minimum atomic E-state index is 0.0603. The Morgan fingerprint density at radius 1 is 1.08 bits per heavy atom. The topological polar surface area (TPSA) is 65.0 Å². The quantitative estimate of drug-likeness (QED) is 0.454. The van der Waals surface area contributed by atoms with E-state index in [1.807, 2.05) is 13.1 Å². The lowest BCUT2D eigenvalue weighted by atomic mass is 9.72. The number of aliphatic hydroxyl groups is 1. The van der Waals surface area contributed by atoms with E-state index in [-0.39, 0.29) is 18.2 Å². The number of benzene rings is 2. The average Bonchev–Trinajstić information content (AvgIpc) is 2.88. The van der Waals surface area contributed by atoms with Crippen molar-refractivity contribution in [1.29, 1.82) is 0 Å². The Morgan fingerprint density at radius 2 is 1.83 bits per heavy atom. The number of phenolic OH excluding ortho intramolecular Hbond substituents is 1. The summed E-state index contributed by atoms with van der Waals surface area (Å²) in [6, 6.07) is 14.9. The summed E-state index contributed by atoms with van der Waals surface area (Å²) < 4.78 is 5.63. The van der Waals surface area contributed by atoms with Crippen LogP contribution in [0.5, 0.6) is 5.75 Å². The molecule has 36 heavy (non-hydrogen) atoms. The van der Waals surface area contributed by atoms with Crippen molar-refractivity contribution in [3.05, 3.63) is 88.7 Å². The lowest BCUT2D eigenvalue weighted by Gasteiger charge is -2.41. The second-order valence-corrected chi connectivity index (χ2v) is 11.0. The van der Waals surface area contributed by atoms with Crippen LogP contribution in [0, 0.1) is 11.8 Å². The summed E-state index contributed by atoms with van der Waals surface area (Å²) in [6.45, 7) is 5.92. The molecule has 0 aromatic heterocycles. The van der Waals surface area contributed by atoms with Gasteiger partial charge in [-0.05, 0) is 105 Å². The first-order chi connectivity index (χ1) is 17.3. The van der Waals surface area contributed by atoms with E-state index in [1.54, 1.807) is 13.2 Å². The zero-order chi connectivity index (χ0) is 25.7. The molecule has 0 saturated heterocycles. The highest BCUT2D eigenvalue weighted by Crippen LogP contribution is 2.38. The largest absolute Gasteiger partial charge is 0.508 e. The molecule has 0 amide bonds. The van der Waals surface area contributed by atoms with E-state index in [1.165, 1.54) is 22.3 Å². The molecule has 2 unspecified atom stereocenters. The summed E-state index contributed by atoms with van der Waals surface area (Å²) in [5.74, 6) is 2.05. The van der Waals surface area contributed by atoms with E-state index in [4.69, 9.17) is 4.74 Å². The molecular weight excluding hydrogens is 448 g/mol. The highest BCUT2D eigenvalue weighted by atomic mass is 16.5. The van der Waals surface area contributed by atoms with Gasteiger partial charge in [-0.1, -0.05) is 36.4 Å². The number of hydrogen-bond donors (Lipinski definition) is 3. The normalized spacial score (nSPS) is 21.8. The smallest absolute Gasteiger partial charge is 0.116 e. The second-order valence-electron chi connectivity index (χ2n) is 11.0. The van der Waals surface area contributed by atoms with Crippen LogP contribution in [-0.2, 0) is 30.5 Å². The number of allylic oxidation sites excluding steroid dienone is 1. The number of likely N-dealkylation sites (N-methyl/N-ethyl adjacent to an activating group) is 1. The fourth-order valence-electron chi connectivity index (χ4n) is 5.73. The molecule has 3 N–H and O–H groups in total. The first kappa shape index (κ1) is 26.5. The van der Waals surface area contributed by atoms with Gasteiger partial charge in [0.15, 0.2) is 0 Å². The summed E-state index contributed by atoms with van der Waals surface area (Å²) >= 11 is 0. The standard InChI is InChI=1S/C31H42N2O3/c1-31(2,32-3)20-22-5-7-23(8-6-22)21-33(15-16-34)30-19-28(36-4)13-14-29(30)26-10-9-25-18-27(35)12-11-24(25)17-26/h5-8,11-14,18-19,26,29-30,32,34-35H,9-10,15-17,20-21H2,1-4H3/t26-,29?,30?/m1/s1. The molecule has 5 nitrogen and oxygen atoms in total. The second kappa shape index (κ2) is 11.6. The number of aryl methyl sites for hydroxylation is 1. The van der Waals surface area contributed by atoms with E-state index < -0.39 is 0 Å². The number of fused-ring (bicyclic) bond motifs is 1. The molecule has 5 heteroatoms. The van der Waals surface area contributed by atoms with Crippen LogP contribution in [0.15, 0.2) is 66.5 Å². The van der Waals surface area contributed by atoms with Gasteiger partial charge in [-0.25, -0.2) is 0 Å². The fourth-order valence-corrected chi connectivity index (χ4v) is 5.73. The first-order valence-electron chi connectivity index (χ1n) is 13.2. The van der Waals surface area contributed by atoms with Crippen molar-refractivity contribution >= 4 is 0 Å². The number of aromatic hydroxyl groups is 1. The summed E-state index contributed by atoms with van der Waals surface area (Å²) in [5, 5.41) is 23.2. The molecule has 0 bridgehead atoms. The number of hydrogen-bond acceptors (Lipinski definition) is 5. The van der Waals surface area contributed by atoms with Gasteiger partial charge in [0.1, 0.15) is 11.5 Å². The Labute approximate surface area is 216 Å². The van der Waals surface area contributed by atoms with Crippen LogP contribution in [-0.4, -0.2) is 54.0 Å². The van der Waals surface area contributed by atoms with Crippen molar-refractivity contribution in [2.24, 2.45) is 11.8 Å². The third-order valence-electron chi connectivity index (χ3n) is 7.99. The molecule has 4 rings (SSSR count). The molecule has 0 heterocycles. The zero-order valence-corrected chi connectivity index (χ0v) is 22.2. The van der Waals surface area contributed by atoms with E-state index >= 15 is 0 Å². The molecule has 0 aliphatic heterocycles. The van der Waals surface area contributed by atoms with Crippen molar-refractivity contribution < 1.29 is 14.9 Å². The van der Waals surface area contributed by atoms with Crippen LogP contribution in [0.3, 0.4) is 0 Å². The molecule has 0 saturated carbocycles. The van der Waals surface area contributed by atoms with E-state index in [9.17, 15) is 10.2 Å². The minimum absolute atomic E-state index is 0.0603. The molecule has 2 aromatic rings. The van der Waals surface area contributed by atoms with Crippen molar-refractivity contribution in [3.63, 3.8) is 0 Å². The van der Waals surface area contributed by atoms with Crippen LogP contribution in [0.4, 0.5) is 0 Å². The Bertz CT molecular complexity index is 1070. The number of nitrogens with zero attached hydrogens (tertiary/aromatic N) is 1. The summed E-state index contributed by atoms with van der Waals surface area (Å²) in [5.41, 5.74) is 5.24. The minimum Gasteiger partial charge on any atom is -0.508 e. The number of nitrogens with one attached hydrogen (secondary N) is 1. The van der Waals surface area contributed by atoms with Gasteiger partial charge in [0.2, 0.25) is 0 Å². The van der Waals surface area contributed by atoms with Crippen LogP contribution in [0.2, 0.25) is 0 Å². The van der Waals surface area contributed by atoms with Gasteiger partial charge in [-0.2, -0.15) is 0 Å². The highest BCUT2D eigenvalue weighted by molar-refractivity contribution is 5.37.